The van der Waals surface area contributed by atoms with Crippen molar-refractivity contribution >= 4 is 28.9 Å². The minimum absolute atomic E-state index is 0.00114. The van der Waals surface area contributed by atoms with Crippen LogP contribution in [-0.4, -0.2) is 68.0 Å². The number of nitrogens with one attached hydrogen (secondary N) is 1. The van der Waals surface area contributed by atoms with Crippen LogP contribution in [0.1, 0.15) is 23.1 Å². The van der Waals surface area contributed by atoms with E-state index in [1.807, 2.05) is 0 Å². The molecule has 12 nitrogen and oxygen atoms in total. The van der Waals surface area contributed by atoms with Crippen LogP contribution >= 0.6 is 0 Å². The molecule has 0 saturated carbocycles. The number of anilines is 2. The first kappa shape index (κ1) is 22.8. The van der Waals surface area contributed by atoms with Crippen molar-refractivity contribution in [1.82, 2.24) is 25.1 Å². The monoisotopic (exact) mass is 468 g/mol. The molecular weight excluding hydrogens is 447 g/mol. The Balaban J connectivity index is 1.56. The minimum Gasteiger partial charge on any atom is -0.362 e. The van der Waals surface area contributed by atoms with E-state index in [1.54, 1.807) is 16.7 Å². The maximum atomic E-state index is 14.4. The van der Waals surface area contributed by atoms with Crippen LogP contribution < -0.4 is 10.2 Å². The third kappa shape index (κ3) is 4.53. The predicted molar refractivity (Wildman–Crippen MR) is 119 cm³/mol. The van der Waals surface area contributed by atoms with Crippen molar-refractivity contribution in [2.75, 3.05) is 36.4 Å². The molecule has 34 heavy (non-hydrogen) atoms. The summed E-state index contributed by atoms with van der Waals surface area (Å²) in [5.74, 6) is -0.968. The molecule has 2 amide bonds. The van der Waals surface area contributed by atoms with E-state index in [2.05, 4.69) is 20.8 Å². The Bertz CT molecular complexity index is 1270. The molecule has 0 radical (unpaired) electrons. The second-order valence-corrected chi connectivity index (χ2v) is 7.71. The molecule has 0 bridgehead atoms. The summed E-state index contributed by atoms with van der Waals surface area (Å²) in [6.45, 7) is 4.91. The summed E-state index contributed by atoms with van der Waals surface area (Å²) in [7, 11) is 0. The number of rotatable bonds is 5. The summed E-state index contributed by atoms with van der Waals surface area (Å²) >= 11 is 0. The number of aryl methyl sites for hydroxylation is 1. The van der Waals surface area contributed by atoms with Gasteiger partial charge in [-0.15, -0.1) is 5.10 Å². The van der Waals surface area contributed by atoms with Crippen molar-refractivity contribution in [3.8, 4) is 5.69 Å². The normalized spacial score (nSPS) is 13.6. The Labute approximate surface area is 193 Å². The summed E-state index contributed by atoms with van der Waals surface area (Å²) < 4.78 is 15.7. The highest BCUT2D eigenvalue weighted by molar-refractivity contribution is 6.05. The number of piperazine rings is 1. The number of carbonyl (C=O) groups excluding carboxylic acids is 2. The molecule has 2 aromatic carbocycles. The first-order valence-electron chi connectivity index (χ1n) is 10.4. The number of amides is 2. The van der Waals surface area contributed by atoms with Crippen LogP contribution in [0, 0.1) is 22.9 Å². The van der Waals surface area contributed by atoms with E-state index in [-0.39, 0.29) is 22.8 Å². The van der Waals surface area contributed by atoms with Gasteiger partial charge in [-0.05, 0) is 47.7 Å². The van der Waals surface area contributed by atoms with E-state index in [9.17, 15) is 24.1 Å². The number of nitro benzene ring substituents is 1. The fraction of sp³-hybridized carbons (Fsp3) is 0.286. The molecule has 1 aliphatic rings. The van der Waals surface area contributed by atoms with Crippen LogP contribution in [-0.2, 0) is 4.79 Å². The summed E-state index contributed by atoms with van der Waals surface area (Å²) in [5, 5.41) is 25.3. The van der Waals surface area contributed by atoms with E-state index < -0.39 is 16.6 Å². The Morgan fingerprint density at radius 1 is 1.12 bits per heavy atom. The second-order valence-electron chi connectivity index (χ2n) is 7.71. The van der Waals surface area contributed by atoms with Crippen molar-refractivity contribution in [2.24, 2.45) is 0 Å². The first-order valence-corrected chi connectivity index (χ1v) is 10.4. The first-order chi connectivity index (χ1) is 16.2. The van der Waals surface area contributed by atoms with Gasteiger partial charge in [-0.3, -0.25) is 19.7 Å². The van der Waals surface area contributed by atoms with Crippen LogP contribution in [0.3, 0.4) is 0 Å². The van der Waals surface area contributed by atoms with Crippen LogP contribution in [0.25, 0.3) is 5.69 Å². The van der Waals surface area contributed by atoms with Gasteiger partial charge in [0.25, 0.3) is 11.6 Å². The molecule has 1 aromatic heterocycles. The molecule has 0 aliphatic carbocycles. The zero-order valence-electron chi connectivity index (χ0n) is 18.4. The fourth-order valence-corrected chi connectivity index (χ4v) is 3.75. The quantitative estimate of drug-likeness (QED) is 0.443. The highest BCUT2D eigenvalue weighted by Gasteiger charge is 2.26. The molecular formula is C21H21FN8O4. The van der Waals surface area contributed by atoms with E-state index in [1.165, 1.54) is 35.9 Å². The average molecular weight is 468 g/mol. The number of hydrogen-bond donors (Lipinski definition) is 1. The van der Waals surface area contributed by atoms with Gasteiger partial charge in [-0.25, -0.2) is 4.39 Å². The van der Waals surface area contributed by atoms with Crippen LogP contribution in [0.2, 0.25) is 0 Å². The molecule has 1 aliphatic heterocycles. The topological polar surface area (TPSA) is 139 Å². The van der Waals surface area contributed by atoms with Gasteiger partial charge in [0.05, 0.1) is 16.3 Å². The largest absolute Gasteiger partial charge is 0.362 e. The summed E-state index contributed by atoms with van der Waals surface area (Å²) in [6.07, 6.45) is 0. The zero-order valence-corrected chi connectivity index (χ0v) is 18.4. The van der Waals surface area contributed by atoms with Gasteiger partial charge in [0.1, 0.15) is 11.5 Å². The zero-order chi connectivity index (χ0) is 24.4. The van der Waals surface area contributed by atoms with Crippen molar-refractivity contribution in [3.63, 3.8) is 0 Å². The van der Waals surface area contributed by atoms with Crippen molar-refractivity contribution in [3.05, 3.63) is 63.7 Å². The smallest absolute Gasteiger partial charge is 0.293 e. The van der Waals surface area contributed by atoms with Crippen molar-refractivity contribution in [1.29, 1.82) is 0 Å². The Morgan fingerprint density at radius 2 is 1.85 bits per heavy atom. The molecule has 0 atom stereocenters. The van der Waals surface area contributed by atoms with Crippen molar-refractivity contribution < 1.29 is 18.9 Å². The lowest BCUT2D eigenvalue weighted by atomic mass is 10.1. The van der Waals surface area contributed by atoms with Gasteiger partial charge in [0.2, 0.25) is 5.91 Å². The highest BCUT2D eigenvalue weighted by atomic mass is 19.1. The van der Waals surface area contributed by atoms with Crippen LogP contribution in [0.4, 0.5) is 21.5 Å². The lowest BCUT2D eigenvalue weighted by Gasteiger charge is -2.35. The van der Waals surface area contributed by atoms with E-state index in [0.29, 0.717) is 43.4 Å². The SMILES string of the molecule is CC(=O)N1CCN(c2ccc(C(=O)Nc3cc(-n4nnnc4C)ccc3F)cc2[N+](=O)[O-])CC1. The standard InChI is InChI=1S/C21H21FN8O4/c1-13-24-25-26-29(13)16-4-5-17(22)18(12-16)23-21(32)15-3-6-19(20(11-15)30(33)34)28-9-7-27(8-10-28)14(2)31/h3-6,11-12H,7-10H2,1-2H3,(H,23,32). The highest BCUT2D eigenvalue weighted by Crippen LogP contribution is 2.31. The number of carbonyl (C=O) groups is 2. The van der Waals surface area contributed by atoms with Gasteiger partial charge in [-0.1, -0.05) is 0 Å². The van der Waals surface area contributed by atoms with Crippen LogP contribution in [0.15, 0.2) is 36.4 Å². The number of aromatic nitrogens is 4. The lowest BCUT2D eigenvalue weighted by molar-refractivity contribution is -0.384. The number of nitrogens with zero attached hydrogens (tertiary/aromatic N) is 7. The molecule has 1 N–H and O–H groups in total. The van der Waals surface area contributed by atoms with Gasteiger partial charge in [0, 0.05) is 44.7 Å². The molecule has 13 heteroatoms. The molecule has 0 unspecified atom stereocenters. The van der Waals surface area contributed by atoms with Gasteiger partial charge >= 0.3 is 0 Å². The summed E-state index contributed by atoms with van der Waals surface area (Å²) in [4.78, 5) is 39.0. The predicted octanol–water partition coefficient (Wildman–Crippen LogP) is 1.94. The number of tetrazole rings is 1. The molecule has 176 valence electrons. The number of nitro groups is 1. The number of benzene rings is 2. The Kier molecular flexibility index (Phi) is 6.17. The molecule has 4 rings (SSSR count). The molecule has 1 fully saturated rings. The Morgan fingerprint density at radius 3 is 2.47 bits per heavy atom. The minimum atomic E-state index is -0.708. The van der Waals surface area contributed by atoms with Gasteiger partial charge in [0.15, 0.2) is 5.82 Å². The van der Waals surface area contributed by atoms with E-state index in [4.69, 9.17) is 0 Å². The van der Waals surface area contributed by atoms with Gasteiger partial charge in [-0.2, -0.15) is 4.68 Å². The maximum Gasteiger partial charge on any atom is 0.293 e. The number of hydrogen-bond acceptors (Lipinski definition) is 8. The third-order valence-corrected chi connectivity index (χ3v) is 5.57. The summed E-state index contributed by atoms with van der Waals surface area (Å²) in [5.41, 5.74) is 0.422. The maximum absolute atomic E-state index is 14.4. The molecule has 1 saturated heterocycles. The fourth-order valence-electron chi connectivity index (χ4n) is 3.75. The molecule has 3 aromatic rings. The van der Waals surface area contributed by atoms with E-state index in [0.717, 1.165) is 12.1 Å². The van der Waals surface area contributed by atoms with Crippen LogP contribution in [0.5, 0.6) is 0 Å². The van der Waals surface area contributed by atoms with Crippen molar-refractivity contribution in [2.45, 2.75) is 13.8 Å². The second kappa shape index (κ2) is 9.21. The Hall–Kier alpha value is -4.42. The lowest BCUT2D eigenvalue weighted by Crippen LogP contribution is -2.48. The number of halogens is 1. The molecule has 2 heterocycles. The summed E-state index contributed by atoms with van der Waals surface area (Å²) in [6, 6.07) is 8.09. The average Bonchev–Trinajstić information content (AvgIpc) is 3.26. The van der Waals surface area contributed by atoms with E-state index >= 15 is 0 Å². The third-order valence-electron chi connectivity index (χ3n) is 5.57. The molecule has 0 spiro atoms. The van der Waals surface area contributed by atoms with Gasteiger partial charge < -0.3 is 15.1 Å².